The maximum Gasteiger partial charge on any atom is 0.253 e. The van der Waals surface area contributed by atoms with E-state index in [-0.39, 0.29) is 11.9 Å². The van der Waals surface area contributed by atoms with Crippen LogP contribution in [0.4, 0.5) is 0 Å². The minimum Gasteiger partial charge on any atom is -0.349 e. The number of amides is 1. The highest BCUT2D eigenvalue weighted by Gasteiger charge is 2.39. The van der Waals surface area contributed by atoms with Gasteiger partial charge in [-0.1, -0.05) is 48.0 Å². The van der Waals surface area contributed by atoms with Gasteiger partial charge in [0, 0.05) is 16.4 Å². The molecule has 20 heavy (non-hydrogen) atoms. The maximum absolute atomic E-state index is 12.2. The molecule has 1 aliphatic carbocycles. The zero-order chi connectivity index (χ0) is 14.1. The molecule has 1 aliphatic rings. The van der Waals surface area contributed by atoms with Crippen molar-refractivity contribution in [3.05, 3.63) is 69.2 Å². The van der Waals surface area contributed by atoms with E-state index in [0.29, 0.717) is 16.5 Å². The van der Waals surface area contributed by atoms with Crippen LogP contribution in [-0.4, -0.2) is 11.9 Å². The van der Waals surface area contributed by atoms with E-state index in [2.05, 4.69) is 33.4 Å². The first-order valence-electron chi connectivity index (χ1n) is 6.46. The molecule has 0 radical (unpaired) electrons. The van der Waals surface area contributed by atoms with E-state index in [1.54, 1.807) is 6.07 Å². The molecule has 1 amide bonds. The SMILES string of the molecule is O=C(NC1CC1c1ccccc1)c1cccc(Br)c1Cl. The molecule has 102 valence electrons. The highest BCUT2D eigenvalue weighted by molar-refractivity contribution is 9.10. The van der Waals surface area contributed by atoms with Gasteiger partial charge < -0.3 is 5.32 Å². The van der Waals surface area contributed by atoms with Gasteiger partial charge in [-0.15, -0.1) is 0 Å². The Morgan fingerprint density at radius 2 is 1.90 bits per heavy atom. The Bertz CT molecular complexity index is 644. The summed E-state index contributed by atoms with van der Waals surface area (Å²) in [5, 5.41) is 3.50. The molecule has 2 nitrogen and oxygen atoms in total. The minimum atomic E-state index is -0.111. The molecule has 3 rings (SSSR count). The van der Waals surface area contributed by atoms with Crippen LogP contribution in [0.3, 0.4) is 0 Å². The third kappa shape index (κ3) is 2.74. The van der Waals surface area contributed by atoms with Crippen molar-refractivity contribution in [2.45, 2.75) is 18.4 Å². The average Bonchev–Trinajstić information content (AvgIpc) is 3.22. The molecule has 2 unspecified atom stereocenters. The zero-order valence-electron chi connectivity index (χ0n) is 10.6. The highest BCUT2D eigenvalue weighted by Crippen LogP contribution is 2.41. The number of halogens is 2. The number of carbonyl (C=O) groups excluding carboxylic acids is 1. The molecule has 1 saturated carbocycles. The molecule has 2 aromatic carbocycles. The summed E-state index contributed by atoms with van der Waals surface area (Å²) < 4.78 is 0.738. The Hall–Kier alpha value is -1.32. The van der Waals surface area contributed by atoms with Gasteiger partial charge in [0.15, 0.2) is 0 Å². The summed E-state index contributed by atoms with van der Waals surface area (Å²) in [4.78, 5) is 12.2. The smallest absolute Gasteiger partial charge is 0.253 e. The number of hydrogen-bond donors (Lipinski definition) is 1. The van der Waals surface area contributed by atoms with Crippen LogP contribution in [0.5, 0.6) is 0 Å². The predicted molar refractivity (Wildman–Crippen MR) is 84.2 cm³/mol. The summed E-state index contributed by atoms with van der Waals surface area (Å²) in [6, 6.07) is 15.8. The second-order valence-electron chi connectivity index (χ2n) is 4.93. The van der Waals surface area contributed by atoms with Crippen LogP contribution in [-0.2, 0) is 0 Å². The predicted octanol–water partition coefficient (Wildman–Crippen LogP) is 4.39. The van der Waals surface area contributed by atoms with Gasteiger partial charge in [-0.2, -0.15) is 0 Å². The van der Waals surface area contributed by atoms with Gasteiger partial charge in [0.1, 0.15) is 0 Å². The molecule has 0 saturated heterocycles. The number of carbonyl (C=O) groups is 1. The third-order valence-electron chi connectivity index (χ3n) is 3.53. The van der Waals surface area contributed by atoms with Crippen molar-refractivity contribution in [3.8, 4) is 0 Å². The number of benzene rings is 2. The van der Waals surface area contributed by atoms with Crippen molar-refractivity contribution < 1.29 is 4.79 Å². The van der Waals surface area contributed by atoms with Gasteiger partial charge in [-0.25, -0.2) is 0 Å². The molecule has 1 fully saturated rings. The van der Waals surface area contributed by atoms with Gasteiger partial charge in [0.2, 0.25) is 0 Å². The lowest BCUT2D eigenvalue weighted by Crippen LogP contribution is -2.26. The molecule has 2 aromatic rings. The molecule has 4 heteroatoms. The van der Waals surface area contributed by atoms with Gasteiger partial charge in [-0.05, 0) is 40.0 Å². The lowest BCUT2D eigenvalue weighted by molar-refractivity contribution is 0.0950. The van der Waals surface area contributed by atoms with Crippen molar-refractivity contribution in [2.75, 3.05) is 0 Å². The normalized spacial score (nSPS) is 20.5. The summed E-state index contributed by atoms with van der Waals surface area (Å²) in [5.41, 5.74) is 1.79. The molecule has 0 aromatic heterocycles. The summed E-state index contributed by atoms with van der Waals surface area (Å²) >= 11 is 9.47. The first kappa shape index (κ1) is 13.7. The van der Waals surface area contributed by atoms with Crippen molar-refractivity contribution in [1.29, 1.82) is 0 Å². The first-order valence-corrected chi connectivity index (χ1v) is 7.63. The Morgan fingerprint density at radius 3 is 2.65 bits per heavy atom. The average molecular weight is 351 g/mol. The van der Waals surface area contributed by atoms with Crippen LogP contribution in [0.2, 0.25) is 5.02 Å². The van der Waals surface area contributed by atoms with Crippen LogP contribution in [0, 0.1) is 0 Å². The number of nitrogens with one attached hydrogen (secondary N) is 1. The summed E-state index contributed by atoms with van der Waals surface area (Å²) in [6.07, 6.45) is 0.987. The third-order valence-corrected chi connectivity index (χ3v) is 4.83. The van der Waals surface area contributed by atoms with Gasteiger partial charge in [0.05, 0.1) is 10.6 Å². The fourth-order valence-electron chi connectivity index (χ4n) is 2.35. The summed E-state index contributed by atoms with van der Waals surface area (Å²) in [6.45, 7) is 0. The largest absolute Gasteiger partial charge is 0.349 e. The van der Waals surface area contributed by atoms with E-state index in [1.807, 2.05) is 30.3 Å². The van der Waals surface area contributed by atoms with E-state index in [0.717, 1.165) is 10.9 Å². The van der Waals surface area contributed by atoms with Crippen molar-refractivity contribution in [1.82, 2.24) is 5.32 Å². The Labute approximate surface area is 131 Å². The monoisotopic (exact) mass is 349 g/mol. The molecule has 0 heterocycles. The van der Waals surface area contributed by atoms with Crippen molar-refractivity contribution in [2.24, 2.45) is 0 Å². The molecule has 2 atom stereocenters. The molecule has 0 bridgehead atoms. The van der Waals surface area contributed by atoms with Crippen molar-refractivity contribution in [3.63, 3.8) is 0 Å². The summed E-state index contributed by atoms with van der Waals surface area (Å²) in [7, 11) is 0. The summed E-state index contributed by atoms with van der Waals surface area (Å²) in [5.74, 6) is 0.311. The lowest BCUT2D eigenvalue weighted by Gasteiger charge is -2.07. The van der Waals surface area contributed by atoms with E-state index in [4.69, 9.17) is 11.6 Å². The molecular formula is C16H13BrClNO. The zero-order valence-corrected chi connectivity index (χ0v) is 13.0. The van der Waals surface area contributed by atoms with Crippen LogP contribution < -0.4 is 5.32 Å². The molecule has 0 spiro atoms. The van der Waals surface area contributed by atoms with E-state index in [1.165, 1.54) is 5.56 Å². The molecular weight excluding hydrogens is 338 g/mol. The molecule has 1 N–H and O–H groups in total. The lowest BCUT2D eigenvalue weighted by atomic mass is 10.1. The highest BCUT2D eigenvalue weighted by atomic mass is 79.9. The molecule has 0 aliphatic heterocycles. The van der Waals surface area contributed by atoms with Gasteiger partial charge in [0.25, 0.3) is 5.91 Å². The van der Waals surface area contributed by atoms with Gasteiger partial charge in [-0.3, -0.25) is 4.79 Å². The first-order chi connectivity index (χ1) is 9.66. The second kappa shape index (κ2) is 5.58. The second-order valence-corrected chi connectivity index (χ2v) is 6.17. The fraction of sp³-hybridized carbons (Fsp3) is 0.188. The van der Waals surface area contributed by atoms with E-state index in [9.17, 15) is 4.79 Å². The van der Waals surface area contributed by atoms with E-state index >= 15 is 0 Å². The van der Waals surface area contributed by atoms with E-state index < -0.39 is 0 Å². The Kier molecular flexibility index (Phi) is 3.81. The van der Waals surface area contributed by atoms with Crippen molar-refractivity contribution >= 4 is 33.4 Å². The van der Waals surface area contributed by atoms with Crippen LogP contribution in [0.15, 0.2) is 53.0 Å². The minimum absolute atomic E-state index is 0.111. The van der Waals surface area contributed by atoms with Crippen LogP contribution >= 0.6 is 27.5 Å². The number of hydrogen-bond acceptors (Lipinski definition) is 1. The fourth-order valence-corrected chi connectivity index (χ4v) is 2.93. The Balaban J connectivity index is 1.68. The van der Waals surface area contributed by atoms with Crippen LogP contribution in [0.1, 0.15) is 28.3 Å². The van der Waals surface area contributed by atoms with Gasteiger partial charge >= 0.3 is 0 Å². The number of rotatable bonds is 3. The Morgan fingerprint density at radius 1 is 1.15 bits per heavy atom. The topological polar surface area (TPSA) is 29.1 Å². The maximum atomic E-state index is 12.2. The van der Waals surface area contributed by atoms with Crippen LogP contribution in [0.25, 0.3) is 0 Å². The standard InChI is InChI=1S/C16H13BrClNO/c17-13-8-4-7-11(15(13)18)16(20)19-14-9-12(14)10-5-2-1-3-6-10/h1-8,12,14H,9H2,(H,19,20). The quantitative estimate of drug-likeness (QED) is 0.874.